The van der Waals surface area contributed by atoms with E-state index in [2.05, 4.69) is 26.1 Å². The van der Waals surface area contributed by atoms with Crippen molar-refractivity contribution in [2.45, 2.75) is 45.1 Å². The van der Waals surface area contributed by atoms with Crippen LogP contribution in [0.25, 0.3) is 0 Å². The molecule has 4 nitrogen and oxygen atoms in total. The van der Waals surface area contributed by atoms with Crippen LogP contribution in [0.5, 0.6) is 0 Å². The predicted molar refractivity (Wildman–Crippen MR) is 87.5 cm³/mol. The van der Waals surface area contributed by atoms with Crippen molar-refractivity contribution in [3.05, 3.63) is 33.9 Å². The fourth-order valence-corrected chi connectivity index (χ4v) is 2.67. The molecule has 1 N–H and O–H groups in total. The summed E-state index contributed by atoms with van der Waals surface area (Å²) < 4.78 is 0. The van der Waals surface area contributed by atoms with Crippen LogP contribution < -0.4 is 5.32 Å². The zero-order valence-electron chi connectivity index (χ0n) is 12.7. The minimum Gasteiger partial charge on any atom is -0.380 e. The smallest absolute Gasteiger partial charge is 0.292 e. The molecule has 0 saturated heterocycles. The van der Waals surface area contributed by atoms with Crippen LogP contribution in [0.3, 0.4) is 0 Å². The summed E-state index contributed by atoms with van der Waals surface area (Å²) in [5.74, 6) is 1.43. The molecule has 0 aromatic heterocycles. The molecule has 20 heavy (non-hydrogen) atoms. The molecule has 0 aliphatic rings. The topological polar surface area (TPSA) is 55.2 Å². The number of rotatable bonds is 8. The molecule has 0 spiro atoms. The van der Waals surface area contributed by atoms with E-state index in [1.807, 2.05) is 30.8 Å². The molecule has 0 saturated carbocycles. The molecular weight excluding hydrogens is 272 g/mol. The van der Waals surface area contributed by atoms with Gasteiger partial charge in [0.15, 0.2) is 0 Å². The fraction of sp³-hybridized carbons (Fsp3) is 0.600. The molecule has 1 unspecified atom stereocenters. The van der Waals surface area contributed by atoms with E-state index in [1.165, 1.54) is 0 Å². The molecule has 0 fully saturated rings. The Labute approximate surface area is 125 Å². The number of thioether (sulfide) groups is 1. The molecule has 1 aromatic rings. The summed E-state index contributed by atoms with van der Waals surface area (Å²) in [5.41, 5.74) is 1.80. The van der Waals surface area contributed by atoms with Crippen LogP contribution in [0.2, 0.25) is 0 Å². The van der Waals surface area contributed by atoms with E-state index in [0.717, 1.165) is 24.3 Å². The van der Waals surface area contributed by atoms with Crippen LogP contribution >= 0.6 is 11.8 Å². The fourth-order valence-electron chi connectivity index (χ4n) is 1.65. The Bertz CT molecular complexity index is 449. The Morgan fingerprint density at radius 1 is 1.35 bits per heavy atom. The molecule has 1 rings (SSSR count). The second-order valence-corrected chi connectivity index (χ2v) is 6.66. The normalized spacial score (nSPS) is 12.4. The zero-order valence-corrected chi connectivity index (χ0v) is 13.5. The van der Waals surface area contributed by atoms with Gasteiger partial charge in [0.1, 0.15) is 5.69 Å². The highest BCUT2D eigenvalue weighted by atomic mass is 32.2. The van der Waals surface area contributed by atoms with Gasteiger partial charge in [-0.3, -0.25) is 10.1 Å². The molecule has 1 aromatic carbocycles. The third kappa shape index (κ3) is 5.04. The van der Waals surface area contributed by atoms with Gasteiger partial charge in [-0.1, -0.05) is 33.8 Å². The van der Waals surface area contributed by atoms with Gasteiger partial charge >= 0.3 is 0 Å². The number of anilines is 1. The first kappa shape index (κ1) is 16.8. The van der Waals surface area contributed by atoms with Crippen LogP contribution in [0, 0.1) is 16.0 Å². The molecule has 1 atom stereocenters. The quantitative estimate of drug-likeness (QED) is 0.558. The number of nitrogens with one attached hydrogen (secondary N) is 1. The molecule has 0 heterocycles. The van der Waals surface area contributed by atoms with E-state index in [1.54, 1.807) is 6.07 Å². The summed E-state index contributed by atoms with van der Waals surface area (Å²) in [7, 11) is 0. The van der Waals surface area contributed by atoms with E-state index in [0.29, 0.717) is 16.9 Å². The third-order valence-corrected chi connectivity index (χ3v) is 4.85. The van der Waals surface area contributed by atoms with Crippen LogP contribution in [-0.4, -0.2) is 16.7 Å². The average Bonchev–Trinajstić information content (AvgIpc) is 2.42. The Morgan fingerprint density at radius 3 is 2.60 bits per heavy atom. The lowest BCUT2D eigenvalue weighted by Gasteiger charge is -2.15. The highest BCUT2D eigenvalue weighted by Crippen LogP contribution is 2.29. The van der Waals surface area contributed by atoms with Gasteiger partial charge < -0.3 is 5.32 Å². The Balaban J connectivity index is 2.79. The molecule has 0 radical (unpaired) electrons. The number of nitro benzene ring substituents is 1. The molecular formula is C15H24N2O2S. The molecule has 112 valence electrons. The Kier molecular flexibility index (Phi) is 6.85. The zero-order chi connectivity index (χ0) is 15.1. The first-order valence-corrected chi connectivity index (χ1v) is 8.13. The number of benzene rings is 1. The SMILES string of the molecule is CCCNc1ccc(CSC(C)C(C)C)cc1[N+](=O)[O-]. The Hall–Kier alpha value is -1.23. The monoisotopic (exact) mass is 296 g/mol. The van der Waals surface area contributed by atoms with Crippen molar-refractivity contribution in [1.82, 2.24) is 0 Å². The lowest BCUT2D eigenvalue weighted by molar-refractivity contribution is -0.384. The molecule has 0 aliphatic carbocycles. The number of hydrogen-bond donors (Lipinski definition) is 1. The highest BCUT2D eigenvalue weighted by molar-refractivity contribution is 7.99. The van der Waals surface area contributed by atoms with E-state index in [4.69, 9.17) is 0 Å². The van der Waals surface area contributed by atoms with Crippen LogP contribution in [0.1, 0.15) is 39.7 Å². The van der Waals surface area contributed by atoms with Crippen LogP contribution in [0.15, 0.2) is 18.2 Å². The van der Waals surface area contributed by atoms with Gasteiger partial charge in [0.25, 0.3) is 5.69 Å². The van der Waals surface area contributed by atoms with Gasteiger partial charge in [-0.25, -0.2) is 0 Å². The minimum absolute atomic E-state index is 0.175. The largest absolute Gasteiger partial charge is 0.380 e. The van der Waals surface area contributed by atoms with Crippen molar-refractivity contribution in [3.8, 4) is 0 Å². The van der Waals surface area contributed by atoms with Crippen molar-refractivity contribution in [2.24, 2.45) is 5.92 Å². The maximum absolute atomic E-state index is 11.1. The van der Waals surface area contributed by atoms with Crippen LogP contribution in [0.4, 0.5) is 11.4 Å². The van der Waals surface area contributed by atoms with Crippen molar-refractivity contribution in [3.63, 3.8) is 0 Å². The summed E-state index contributed by atoms with van der Waals surface area (Å²) in [5, 5.41) is 14.8. The number of nitro groups is 1. The van der Waals surface area contributed by atoms with Crippen LogP contribution in [-0.2, 0) is 5.75 Å². The van der Waals surface area contributed by atoms with Gasteiger partial charge in [0.2, 0.25) is 0 Å². The second-order valence-electron chi connectivity index (χ2n) is 5.30. The Morgan fingerprint density at radius 2 is 2.05 bits per heavy atom. The van der Waals surface area contributed by atoms with Gasteiger partial charge in [-0.2, -0.15) is 11.8 Å². The standard InChI is InChI=1S/C15H24N2O2S/c1-5-8-16-14-7-6-13(9-15(14)17(18)19)10-20-12(4)11(2)3/h6-7,9,11-12,16H,5,8,10H2,1-4H3. The second kappa shape index (κ2) is 8.15. The van der Waals surface area contributed by atoms with Gasteiger partial charge in [0, 0.05) is 23.6 Å². The van der Waals surface area contributed by atoms with Gasteiger partial charge in [-0.15, -0.1) is 0 Å². The summed E-state index contributed by atoms with van der Waals surface area (Å²) in [6.45, 7) is 9.37. The van der Waals surface area contributed by atoms with E-state index in [9.17, 15) is 10.1 Å². The molecule has 0 bridgehead atoms. The van der Waals surface area contributed by atoms with E-state index < -0.39 is 0 Å². The molecule has 0 amide bonds. The molecule has 0 aliphatic heterocycles. The summed E-state index contributed by atoms with van der Waals surface area (Å²) in [6.07, 6.45) is 0.945. The van der Waals surface area contributed by atoms with E-state index in [-0.39, 0.29) is 10.6 Å². The first-order valence-electron chi connectivity index (χ1n) is 7.08. The maximum Gasteiger partial charge on any atom is 0.292 e. The lowest BCUT2D eigenvalue weighted by Crippen LogP contribution is -2.06. The van der Waals surface area contributed by atoms with Crippen molar-refractivity contribution >= 4 is 23.1 Å². The number of hydrogen-bond acceptors (Lipinski definition) is 4. The minimum atomic E-state index is -0.308. The van der Waals surface area contributed by atoms with Crippen molar-refractivity contribution in [2.75, 3.05) is 11.9 Å². The van der Waals surface area contributed by atoms with Gasteiger partial charge in [-0.05, 0) is 24.0 Å². The van der Waals surface area contributed by atoms with E-state index >= 15 is 0 Å². The average molecular weight is 296 g/mol. The maximum atomic E-state index is 11.1. The third-order valence-electron chi connectivity index (χ3n) is 3.28. The van der Waals surface area contributed by atoms with Crippen molar-refractivity contribution in [1.29, 1.82) is 0 Å². The highest BCUT2D eigenvalue weighted by Gasteiger charge is 2.15. The first-order chi connectivity index (χ1) is 9.45. The predicted octanol–water partition coefficient (Wildman–Crippen LogP) is 4.69. The summed E-state index contributed by atoms with van der Waals surface area (Å²) >= 11 is 1.84. The summed E-state index contributed by atoms with van der Waals surface area (Å²) in [6, 6.07) is 5.49. The van der Waals surface area contributed by atoms with Crippen molar-refractivity contribution < 1.29 is 4.92 Å². The molecule has 5 heteroatoms. The lowest BCUT2D eigenvalue weighted by atomic mass is 10.1. The summed E-state index contributed by atoms with van der Waals surface area (Å²) in [4.78, 5) is 10.8. The number of nitrogens with zero attached hydrogens (tertiary/aromatic N) is 1. The van der Waals surface area contributed by atoms with Gasteiger partial charge in [0.05, 0.1) is 4.92 Å².